The topological polar surface area (TPSA) is 21.3 Å². The fourth-order valence-electron chi connectivity index (χ4n) is 2.41. The number of ether oxygens (including phenoxy) is 1. The molecule has 2 aromatic carbocycles. The van der Waals surface area contributed by atoms with E-state index in [2.05, 4.69) is 11.4 Å². The molecular weight excluding hydrogens is 289 g/mol. The fraction of sp³-hybridized carbons (Fsp3) is 0.294. The van der Waals surface area contributed by atoms with E-state index in [9.17, 15) is 4.39 Å². The number of nitrogens with one attached hydrogen (secondary N) is 1. The minimum absolute atomic E-state index is 0.107. The van der Waals surface area contributed by atoms with E-state index in [-0.39, 0.29) is 16.9 Å². The van der Waals surface area contributed by atoms with Crippen molar-refractivity contribution < 1.29 is 9.13 Å². The minimum atomic E-state index is -0.380. The van der Waals surface area contributed by atoms with Crippen LogP contribution in [-0.2, 0) is 6.42 Å². The van der Waals surface area contributed by atoms with Gasteiger partial charge in [-0.25, -0.2) is 4.39 Å². The van der Waals surface area contributed by atoms with Crippen molar-refractivity contribution in [2.45, 2.75) is 19.4 Å². The molecule has 0 aliphatic rings. The first kappa shape index (κ1) is 15.8. The largest absolute Gasteiger partial charge is 0.496 e. The van der Waals surface area contributed by atoms with Gasteiger partial charge in [0.25, 0.3) is 0 Å². The standard InChI is InChI=1S/C17H19ClFNO/c1-11-8-13(5-7-17(11)21-3)16(20-2)10-12-4-6-14(18)15(19)9-12/h4-9,16,20H,10H2,1-3H3. The molecule has 2 nitrogen and oxygen atoms in total. The van der Waals surface area contributed by atoms with Crippen molar-refractivity contribution in [3.05, 3.63) is 63.9 Å². The molecule has 0 saturated carbocycles. The van der Waals surface area contributed by atoms with Crippen molar-refractivity contribution in [2.75, 3.05) is 14.2 Å². The van der Waals surface area contributed by atoms with E-state index < -0.39 is 0 Å². The second-order valence-corrected chi connectivity index (χ2v) is 5.43. The van der Waals surface area contributed by atoms with Crippen molar-refractivity contribution in [1.82, 2.24) is 5.32 Å². The molecule has 112 valence electrons. The lowest BCUT2D eigenvalue weighted by atomic mass is 9.97. The van der Waals surface area contributed by atoms with E-state index in [4.69, 9.17) is 16.3 Å². The number of hydrogen-bond acceptors (Lipinski definition) is 2. The highest BCUT2D eigenvalue weighted by atomic mass is 35.5. The molecule has 1 N–H and O–H groups in total. The van der Waals surface area contributed by atoms with Crippen molar-refractivity contribution >= 4 is 11.6 Å². The van der Waals surface area contributed by atoms with Gasteiger partial charge in [0.1, 0.15) is 11.6 Å². The lowest BCUT2D eigenvalue weighted by molar-refractivity contribution is 0.411. The quantitative estimate of drug-likeness (QED) is 0.889. The van der Waals surface area contributed by atoms with Gasteiger partial charge in [-0.1, -0.05) is 29.8 Å². The van der Waals surface area contributed by atoms with Crippen LogP contribution in [0.5, 0.6) is 5.75 Å². The number of halogens is 2. The zero-order valence-corrected chi connectivity index (χ0v) is 13.2. The van der Waals surface area contributed by atoms with Crippen LogP contribution < -0.4 is 10.1 Å². The molecule has 0 radical (unpaired) electrons. The maximum absolute atomic E-state index is 13.5. The van der Waals surface area contributed by atoms with Crippen LogP contribution in [0.4, 0.5) is 4.39 Å². The highest BCUT2D eigenvalue weighted by Crippen LogP contribution is 2.25. The molecule has 0 fully saturated rings. The van der Waals surface area contributed by atoms with Gasteiger partial charge in [0.2, 0.25) is 0 Å². The van der Waals surface area contributed by atoms with Crippen LogP contribution in [0.3, 0.4) is 0 Å². The molecule has 0 spiro atoms. The number of methoxy groups -OCH3 is 1. The zero-order chi connectivity index (χ0) is 15.4. The van der Waals surface area contributed by atoms with Crippen LogP contribution in [0.2, 0.25) is 5.02 Å². The van der Waals surface area contributed by atoms with Crippen LogP contribution in [0.1, 0.15) is 22.7 Å². The Morgan fingerprint density at radius 3 is 2.57 bits per heavy atom. The van der Waals surface area contributed by atoms with Crippen molar-refractivity contribution in [3.8, 4) is 5.75 Å². The van der Waals surface area contributed by atoms with Crippen LogP contribution in [0.25, 0.3) is 0 Å². The smallest absolute Gasteiger partial charge is 0.142 e. The van der Waals surface area contributed by atoms with Crippen LogP contribution >= 0.6 is 11.6 Å². The molecule has 4 heteroatoms. The molecule has 2 rings (SSSR count). The second-order valence-electron chi connectivity index (χ2n) is 5.02. The second kappa shape index (κ2) is 6.92. The molecule has 0 bridgehead atoms. The van der Waals surface area contributed by atoms with Gasteiger partial charge in [0, 0.05) is 6.04 Å². The third-order valence-electron chi connectivity index (χ3n) is 3.59. The monoisotopic (exact) mass is 307 g/mol. The molecule has 0 aliphatic carbocycles. The van der Waals surface area contributed by atoms with E-state index in [0.29, 0.717) is 6.42 Å². The van der Waals surface area contributed by atoms with Crippen molar-refractivity contribution in [1.29, 1.82) is 0 Å². The normalized spacial score (nSPS) is 12.2. The predicted molar refractivity (Wildman–Crippen MR) is 84.6 cm³/mol. The summed E-state index contributed by atoms with van der Waals surface area (Å²) in [4.78, 5) is 0. The average molecular weight is 308 g/mol. The molecular formula is C17H19ClFNO. The molecule has 0 aliphatic heterocycles. The number of likely N-dealkylation sites (N-methyl/N-ethyl adjacent to an activating group) is 1. The highest BCUT2D eigenvalue weighted by molar-refractivity contribution is 6.30. The third-order valence-corrected chi connectivity index (χ3v) is 3.90. The predicted octanol–water partition coefficient (Wildman–Crippen LogP) is 4.30. The van der Waals surface area contributed by atoms with Crippen LogP contribution in [0, 0.1) is 12.7 Å². The number of benzene rings is 2. The first-order chi connectivity index (χ1) is 10.0. The van der Waals surface area contributed by atoms with Gasteiger partial charge in [-0.05, 0) is 55.3 Å². The Bertz CT molecular complexity index is 630. The summed E-state index contributed by atoms with van der Waals surface area (Å²) in [5.74, 6) is 0.487. The third kappa shape index (κ3) is 3.74. The number of hydrogen-bond donors (Lipinski definition) is 1. The first-order valence-electron chi connectivity index (χ1n) is 6.81. The Labute approximate surface area is 129 Å². The Balaban J connectivity index is 2.23. The summed E-state index contributed by atoms with van der Waals surface area (Å²) in [5, 5.41) is 3.42. The van der Waals surface area contributed by atoms with Gasteiger partial charge in [0.05, 0.1) is 12.1 Å². The Hall–Kier alpha value is -1.58. The summed E-state index contributed by atoms with van der Waals surface area (Å²) in [6.45, 7) is 2.01. The van der Waals surface area contributed by atoms with Crippen LogP contribution in [0.15, 0.2) is 36.4 Å². The Morgan fingerprint density at radius 2 is 2.00 bits per heavy atom. The van der Waals surface area contributed by atoms with Gasteiger partial charge in [-0.2, -0.15) is 0 Å². The fourth-order valence-corrected chi connectivity index (χ4v) is 2.52. The maximum atomic E-state index is 13.5. The Morgan fingerprint density at radius 1 is 1.24 bits per heavy atom. The highest BCUT2D eigenvalue weighted by Gasteiger charge is 2.13. The lowest BCUT2D eigenvalue weighted by Gasteiger charge is -2.18. The average Bonchev–Trinajstić information content (AvgIpc) is 2.48. The van der Waals surface area contributed by atoms with Crippen LogP contribution in [-0.4, -0.2) is 14.2 Å². The van der Waals surface area contributed by atoms with E-state index >= 15 is 0 Å². The molecule has 21 heavy (non-hydrogen) atoms. The zero-order valence-electron chi connectivity index (χ0n) is 12.4. The Kier molecular flexibility index (Phi) is 5.21. The van der Waals surface area contributed by atoms with E-state index in [0.717, 1.165) is 22.4 Å². The van der Waals surface area contributed by atoms with Gasteiger partial charge in [0.15, 0.2) is 0 Å². The summed E-state index contributed by atoms with van der Waals surface area (Å²) in [7, 11) is 3.56. The molecule has 0 amide bonds. The van der Waals surface area contributed by atoms with Crippen molar-refractivity contribution in [2.24, 2.45) is 0 Å². The molecule has 2 aromatic rings. The van der Waals surface area contributed by atoms with Gasteiger partial charge in [-0.15, -0.1) is 0 Å². The summed E-state index contributed by atoms with van der Waals surface area (Å²) in [5.41, 5.74) is 3.13. The summed E-state index contributed by atoms with van der Waals surface area (Å²) in [6.07, 6.45) is 0.691. The van der Waals surface area contributed by atoms with Gasteiger partial charge >= 0.3 is 0 Å². The maximum Gasteiger partial charge on any atom is 0.142 e. The molecule has 1 atom stereocenters. The molecule has 1 unspecified atom stereocenters. The first-order valence-corrected chi connectivity index (χ1v) is 7.18. The summed E-state index contributed by atoms with van der Waals surface area (Å²) < 4.78 is 18.8. The van der Waals surface area contributed by atoms with Gasteiger partial charge < -0.3 is 10.1 Å². The minimum Gasteiger partial charge on any atom is -0.496 e. The van der Waals surface area contributed by atoms with E-state index in [1.807, 2.05) is 32.2 Å². The number of rotatable bonds is 5. The molecule has 0 aromatic heterocycles. The lowest BCUT2D eigenvalue weighted by Crippen LogP contribution is -2.19. The van der Waals surface area contributed by atoms with E-state index in [1.54, 1.807) is 13.2 Å². The SMILES string of the molecule is CNC(Cc1ccc(Cl)c(F)c1)c1ccc(OC)c(C)c1. The summed E-state index contributed by atoms with van der Waals surface area (Å²) >= 11 is 5.72. The van der Waals surface area contributed by atoms with Gasteiger partial charge in [-0.3, -0.25) is 0 Å². The summed E-state index contributed by atoms with van der Waals surface area (Å²) in [6, 6.07) is 11.1. The number of aryl methyl sites for hydroxylation is 1. The molecule has 0 heterocycles. The van der Waals surface area contributed by atoms with E-state index in [1.165, 1.54) is 6.07 Å². The molecule has 0 saturated heterocycles. The van der Waals surface area contributed by atoms with Crippen molar-refractivity contribution in [3.63, 3.8) is 0 Å².